The van der Waals surface area contributed by atoms with Crippen molar-refractivity contribution in [2.24, 2.45) is 35.5 Å². The number of Topliss-reactive ketones (excluding diaryl/α,β-unsaturated/α-hetero) is 3. The maximum atomic E-state index is 14.4. The van der Waals surface area contributed by atoms with E-state index in [1.165, 1.54) is 19.1 Å². The number of aliphatic hydroxyl groups is 2. The maximum Gasteiger partial charge on any atom is 0.329 e. The lowest BCUT2D eigenvalue weighted by Gasteiger charge is -2.42. The molecule has 0 spiro atoms. The average molecular weight is 928 g/mol. The topological polar surface area (TPSA) is 184 Å². The van der Waals surface area contributed by atoms with E-state index >= 15 is 0 Å². The van der Waals surface area contributed by atoms with E-state index in [0.717, 1.165) is 12.0 Å². The highest BCUT2D eigenvalue weighted by atomic mass is 16.6. The molecule has 66 heavy (non-hydrogen) atoms. The fraction of sp³-hybridized carbons (Fsp3) is 0.750. The van der Waals surface area contributed by atoms with Crippen LogP contribution in [-0.4, -0.2) is 134 Å². The van der Waals surface area contributed by atoms with Crippen molar-refractivity contribution < 1.29 is 62.6 Å². The van der Waals surface area contributed by atoms with Crippen LogP contribution in [0.2, 0.25) is 0 Å². The van der Waals surface area contributed by atoms with Crippen LogP contribution in [0.3, 0.4) is 0 Å². The molecule has 15 atom stereocenters. The number of allylic oxidation sites excluding steroid dienone is 6. The Morgan fingerprint density at radius 1 is 0.818 bits per heavy atom. The van der Waals surface area contributed by atoms with Crippen LogP contribution in [0.15, 0.2) is 47.6 Å². The molecule has 0 aromatic carbocycles. The van der Waals surface area contributed by atoms with E-state index in [4.69, 9.17) is 28.4 Å². The monoisotopic (exact) mass is 928 g/mol. The van der Waals surface area contributed by atoms with Gasteiger partial charge in [-0.2, -0.15) is 0 Å². The van der Waals surface area contributed by atoms with Gasteiger partial charge in [0.15, 0.2) is 5.78 Å². The lowest BCUT2D eigenvalue weighted by atomic mass is 9.78. The van der Waals surface area contributed by atoms with Crippen LogP contribution < -0.4 is 0 Å². The molecule has 2 bridgehead atoms. The molecule has 14 nitrogen and oxygen atoms in total. The molecule has 3 aliphatic heterocycles. The Balaban J connectivity index is 1.72. The second-order valence-electron chi connectivity index (χ2n) is 19.8. The first kappa shape index (κ1) is 55.2. The summed E-state index contributed by atoms with van der Waals surface area (Å²) in [5, 5.41) is 22.5. The molecule has 0 radical (unpaired) electrons. The van der Waals surface area contributed by atoms with E-state index in [1.54, 1.807) is 41.1 Å². The highest BCUT2D eigenvalue weighted by Crippen LogP contribution is 2.38. The normalized spacial score (nSPS) is 40.0. The molecule has 3 fully saturated rings. The number of amides is 1. The van der Waals surface area contributed by atoms with E-state index in [2.05, 4.69) is 0 Å². The minimum Gasteiger partial charge on any atom is -0.460 e. The quantitative estimate of drug-likeness (QED) is 0.154. The molecule has 2 N–H and O–H groups in total. The summed E-state index contributed by atoms with van der Waals surface area (Å²) < 4.78 is 35.5. The number of esters is 1. The van der Waals surface area contributed by atoms with Gasteiger partial charge in [-0.1, -0.05) is 71.1 Å². The number of fused-ring (bicyclic) bond motifs is 3. The van der Waals surface area contributed by atoms with Crippen molar-refractivity contribution in [2.45, 2.75) is 180 Å². The number of cyclic esters (lactones) is 1. The molecule has 0 unspecified atom stereocenters. The maximum absolute atomic E-state index is 14.4. The summed E-state index contributed by atoms with van der Waals surface area (Å²) in [5.74, 6) is -7.45. The Hall–Kier alpha value is -3.37. The van der Waals surface area contributed by atoms with E-state index in [-0.39, 0.29) is 60.7 Å². The Labute approximate surface area is 393 Å². The van der Waals surface area contributed by atoms with Crippen molar-refractivity contribution in [3.63, 3.8) is 0 Å². The number of hydrogen-bond acceptors (Lipinski definition) is 13. The van der Waals surface area contributed by atoms with Crippen molar-refractivity contribution in [3.8, 4) is 0 Å². The van der Waals surface area contributed by atoms with Crippen molar-refractivity contribution in [3.05, 3.63) is 47.6 Å². The average Bonchev–Trinajstić information content (AvgIpc) is 3.29. The molecule has 3 heterocycles. The highest BCUT2D eigenvalue weighted by Gasteiger charge is 2.53. The van der Waals surface area contributed by atoms with Gasteiger partial charge in [-0.05, 0) is 107 Å². The second kappa shape index (κ2) is 25.8. The fourth-order valence-electron chi connectivity index (χ4n) is 10.4. The molecule has 1 saturated carbocycles. The van der Waals surface area contributed by atoms with E-state index in [0.29, 0.717) is 63.4 Å². The van der Waals surface area contributed by atoms with Gasteiger partial charge in [-0.3, -0.25) is 19.2 Å². The number of hydrogen-bond donors (Lipinski definition) is 2. The van der Waals surface area contributed by atoms with Crippen molar-refractivity contribution >= 4 is 29.2 Å². The minimum absolute atomic E-state index is 0.0599. The second-order valence-corrected chi connectivity index (χ2v) is 19.8. The van der Waals surface area contributed by atoms with Crippen LogP contribution in [-0.2, 0) is 52.4 Å². The van der Waals surface area contributed by atoms with Gasteiger partial charge in [0, 0.05) is 65.6 Å². The van der Waals surface area contributed by atoms with Crippen LogP contribution in [0.5, 0.6) is 0 Å². The number of methoxy groups -OCH3 is 4. The van der Waals surface area contributed by atoms with Gasteiger partial charge in [0.1, 0.15) is 30.1 Å². The Morgan fingerprint density at radius 3 is 2.20 bits per heavy atom. The van der Waals surface area contributed by atoms with Crippen LogP contribution in [0.1, 0.15) is 126 Å². The highest BCUT2D eigenvalue weighted by molar-refractivity contribution is 6.39. The molecule has 2 saturated heterocycles. The zero-order valence-corrected chi connectivity index (χ0v) is 41.6. The van der Waals surface area contributed by atoms with Gasteiger partial charge < -0.3 is 43.5 Å². The predicted octanol–water partition coefficient (Wildman–Crippen LogP) is 6.83. The molecule has 14 heteroatoms. The Morgan fingerprint density at radius 2 is 1.53 bits per heavy atom. The molecule has 4 rings (SSSR count). The van der Waals surface area contributed by atoms with Gasteiger partial charge >= 0.3 is 5.97 Å². The van der Waals surface area contributed by atoms with Gasteiger partial charge in [-0.15, -0.1) is 0 Å². The number of carbonyl (C=O) groups is 5. The first-order valence-corrected chi connectivity index (χ1v) is 24.3. The largest absolute Gasteiger partial charge is 0.460 e. The number of aliphatic hydroxyl groups excluding tert-OH is 1. The number of piperidine rings is 1. The number of nitrogens with zero attached hydrogens (tertiary/aromatic N) is 1. The number of carbonyl (C=O) groups excluding carboxylic acids is 5. The fourth-order valence-corrected chi connectivity index (χ4v) is 10.4. The third-order valence-electron chi connectivity index (χ3n) is 14.7. The van der Waals surface area contributed by atoms with E-state index < -0.39 is 77.9 Å². The molecule has 0 aromatic heterocycles. The van der Waals surface area contributed by atoms with Gasteiger partial charge in [0.2, 0.25) is 5.79 Å². The van der Waals surface area contributed by atoms with E-state index in [1.807, 2.05) is 58.1 Å². The third-order valence-corrected chi connectivity index (χ3v) is 14.7. The summed E-state index contributed by atoms with van der Waals surface area (Å²) in [6, 6.07) is -1.12. The minimum atomic E-state index is -2.42. The van der Waals surface area contributed by atoms with Gasteiger partial charge in [0.05, 0.1) is 24.4 Å². The standard InChI is InChI=1S/C52H81NO13/c1-31-17-13-12-14-18-32(2)43(61-8)29-39-22-20-37(7)52(60,66-39)49(57)50(58)53-24-16-15-19-40(53)51(59)65-44(34(4)27-38-21-23-41(54)45(28-38)62-9)30-42(55)33(3)26-36(6)47(63-10)48(64-11)46(56)35(5)25-31/h12-14,17-18,26,31,33-35,37-41,43-45,47-48,54,60H,15-16,19-25,27-30H2,1-11H3/b14-12+,17-13-,32-18+,36-26+/t31-,33-,34-,35-,37-,38+,39+,40+,41-,43+,44+,45-,47-,48+,52-/m1/s1. The van der Waals surface area contributed by atoms with Crippen molar-refractivity contribution in [1.29, 1.82) is 0 Å². The lowest BCUT2D eigenvalue weighted by molar-refractivity contribution is -0.265. The predicted molar refractivity (Wildman–Crippen MR) is 250 cm³/mol. The number of rotatable bonds is 7. The molecule has 0 aromatic rings. The number of ketones is 3. The molecule has 1 amide bonds. The van der Waals surface area contributed by atoms with Crippen LogP contribution in [0.25, 0.3) is 0 Å². The summed E-state index contributed by atoms with van der Waals surface area (Å²) in [7, 11) is 6.15. The van der Waals surface area contributed by atoms with Gasteiger partial charge in [0.25, 0.3) is 11.7 Å². The lowest BCUT2D eigenvalue weighted by Crippen LogP contribution is -2.61. The zero-order chi connectivity index (χ0) is 48.9. The molecular weight excluding hydrogens is 847 g/mol. The molecular formula is C52H81NO13. The third kappa shape index (κ3) is 14.3. The Kier molecular flexibility index (Phi) is 21.6. The smallest absolute Gasteiger partial charge is 0.329 e. The molecule has 372 valence electrons. The number of ether oxygens (including phenoxy) is 6. The van der Waals surface area contributed by atoms with Crippen LogP contribution in [0.4, 0.5) is 0 Å². The SMILES string of the molecule is CO[C@H]1C[C@@H]2CC[C@@H](C)[C@@](O)(O2)C(=O)C(=O)N2CCCC[C@H]2C(=O)O[C@H]([C@H](C)C[C@@H]2CC[C@@H](O)[C@H](OC)C2)CC(=O)[C@H](C)/C=C(\C)[C@@H](OC)[C@@H](OC)C(=O)[C@H](C)C[C@H](C)\C=C/C=C/C=C/1C. The van der Waals surface area contributed by atoms with Crippen LogP contribution >= 0.6 is 0 Å². The van der Waals surface area contributed by atoms with Crippen LogP contribution in [0, 0.1) is 35.5 Å². The van der Waals surface area contributed by atoms with Crippen molar-refractivity contribution in [2.75, 3.05) is 35.0 Å². The van der Waals surface area contributed by atoms with E-state index in [9.17, 15) is 34.2 Å². The summed E-state index contributed by atoms with van der Waals surface area (Å²) >= 11 is 0. The summed E-state index contributed by atoms with van der Waals surface area (Å²) in [5.41, 5.74) is 1.54. The summed E-state index contributed by atoms with van der Waals surface area (Å²) in [6.45, 7) is 13.1. The first-order valence-electron chi connectivity index (χ1n) is 24.3. The first-order chi connectivity index (χ1) is 31.3. The van der Waals surface area contributed by atoms with Crippen molar-refractivity contribution in [1.82, 2.24) is 4.90 Å². The van der Waals surface area contributed by atoms with Gasteiger partial charge in [-0.25, -0.2) is 4.79 Å². The summed E-state index contributed by atoms with van der Waals surface area (Å²) in [4.78, 5) is 72.3. The molecule has 4 aliphatic rings. The molecule has 1 aliphatic carbocycles. The summed E-state index contributed by atoms with van der Waals surface area (Å²) in [6.07, 6.45) is 12.6. The zero-order valence-electron chi connectivity index (χ0n) is 41.6. The Bertz CT molecular complexity index is 1770.